The molecule has 0 aliphatic heterocycles. The summed E-state index contributed by atoms with van der Waals surface area (Å²) in [6.45, 7) is 8.91. The lowest BCUT2D eigenvalue weighted by Crippen LogP contribution is -2.01. The number of carbonyl (C=O) groups is 1. The summed E-state index contributed by atoms with van der Waals surface area (Å²) in [6.07, 6.45) is 29.1. The number of ketones is 1. The molecule has 0 unspecified atom stereocenters. The molecule has 4 heterocycles. The molecule has 1 aliphatic carbocycles. The molecule has 0 fully saturated rings. The van der Waals surface area contributed by atoms with Crippen LogP contribution in [0.4, 0.5) is 0 Å². The zero-order valence-electron chi connectivity index (χ0n) is 31.0. The number of aryl methyl sites for hydroxylation is 2. The number of hydrogen-bond acceptors (Lipinski definition) is 5. The Morgan fingerprint density at radius 1 is 0.500 bits per heavy atom. The molecule has 0 bridgehead atoms. The van der Waals surface area contributed by atoms with Crippen LogP contribution < -0.4 is 0 Å². The van der Waals surface area contributed by atoms with Gasteiger partial charge in [0.2, 0.25) is 0 Å². The van der Waals surface area contributed by atoms with E-state index in [9.17, 15) is 4.79 Å². The van der Waals surface area contributed by atoms with Crippen molar-refractivity contribution in [2.75, 3.05) is 0 Å². The number of carbonyl (C=O) groups excluding carboxylic acids is 1. The maximum Gasteiger partial charge on any atom is 0.196 e. The molecule has 5 rings (SSSR count). The third-order valence-electron chi connectivity index (χ3n) is 10.5. The largest absolute Gasteiger partial charge is 0.288 e. The molecule has 0 amide bonds. The van der Waals surface area contributed by atoms with E-state index in [2.05, 4.69) is 71.7 Å². The summed E-state index contributed by atoms with van der Waals surface area (Å²) in [5, 5.41) is 0. The Kier molecular flexibility index (Phi) is 16.9. The molecule has 1 nitrogen and oxygen atoms in total. The Hall–Kier alpha value is -0.570. The van der Waals surface area contributed by atoms with Gasteiger partial charge < -0.3 is 0 Å². The summed E-state index contributed by atoms with van der Waals surface area (Å²) >= 11 is 15.1. The van der Waals surface area contributed by atoms with Crippen molar-refractivity contribution in [3.8, 4) is 29.3 Å². The fourth-order valence-corrected chi connectivity index (χ4v) is 13.8. The van der Waals surface area contributed by atoms with Crippen LogP contribution in [0.25, 0.3) is 29.3 Å². The highest BCUT2D eigenvalue weighted by atomic mass is 79.9. The second-order valence-electron chi connectivity index (χ2n) is 14.5. The van der Waals surface area contributed by atoms with E-state index < -0.39 is 0 Å². The molecule has 0 saturated heterocycles. The molecule has 0 saturated carbocycles. The Labute approximate surface area is 336 Å². The molecule has 1 aliphatic rings. The minimum atomic E-state index is 0.271. The van der Waals surface area contributed by atoms with Crippen LogP contribution >= 0.6 is 77.2 Å². The van der Waals surface area contributed by atoms with Crippen molar-refractivity contribution in [3.05, 3.63) is 53.1 Å². The van der Waals surface area contributed by atoms with Crippen molar-refractivity contribution in [1.82, 2.24) is 0 Å². The number of unbranched alkanes of at least 4 members (excludes halogenated alkanes) is 18. The minimum Gasteiger partial charge on any atom is -0.288 e. The first kappa shape index (κ1) is 40.6. The fraction of sp³-hybridized carbons (Fsp3) is 0.605. The van der Waals surface area contributed by atoms with Crippen molar-refractivity contribution >= 4 is 83.0 Å². The summed E-state index contributed by atoms with van der Waals surface area (Å²) < 4.78 is 2.46. The molecule has 0 radical (unpaired) electrons. The molecule has 0 N–H and O–H groups in total. The zero-order chi connectivity index (χ0) is 35.5. The van der Waals surface area contributed by atoms with Gasteiger partial charge in [-0.2, -0.15) is 0 Å². The highest BCUT2D eigenvalue weighted by molar-refractivity contribution is 9.11. The van der Waals surface area contributed by atoms with Gasteiger partial charge in [0.25, 0.3) is 0 Å². The number of halogens is 2. The van der Waals surface area contributed by atoms with Crippen molar-refractivity contribution in [2.45, 2.75) is 169 Å². The van der Waals surface area contributed by atoms with Gasteiger partial charge in [-0.3, -0.25) is 4.79 Å². The summed E-state index contributed by atoms with van der Waals surface area (Å²) in [6, 6.07) is 4.72. The molecule has 0 aromatic carbocycles. The molecule has 50 heavy (non-hydrogen) atoms. The van der Waals surface area contributed by atoms with Crippen LogP contribution in [0.5, 0.6) is 0 Å². The summed E-state index contributed by atoms with van der Waals surface area (Å²) in [5.74, 6) is 0.271. The van der Waals surface area contributed by atoms with E-state index in [1.165, 1.54) is 176 Å². The SMILES string of the molecule is CCCCCCCCCCCCc1cc(-c2sc3c(c2CCCCCCCCCCCC)C(=O)c2c-3sc(-c3cc(C)c(Br)s3)c2C)sc1Br. The monoisotopic (exact) mass is 876 g/mol. The Morgan fingerprint density at radius 3 is 1.50 bits per heavy atom. The van der Waals surface area contributed by atoms with E-state index in [1.54, 1.807) is 11.3 Å². The number of fused-ring (bicyclic) bond motifs is 3. The number of rotatable bonds is 24. The first-order chi connectivity index (χ1) is 24.3. The zero-order valence-corrected chi connectivity index (χ0v) is 37.4. The molecule has 4 aromatic rings. The molecule has 0 spiro atoms. The van der Waals surface area contributed by atoms with Gasteiger partial charge in [0.1, 0.15) is 0 Å². The van der Waals surface area contributed by atoms with Gasteiger partial charge in [-0.15, -0.1) is 45.3 Å². The molecule has 7 heteroatoms. The van der Waals surface area contributed by atoms with Crippen molar-refractivity contribution in [1.29, 1.82) is 0 Å². The van der Waals surface area contributed by atoms with Gasteiger partial charge in [-0.05, 0) is 106 Å². The lowest BCUT2D eigenvalue weighted by atomic mass is 9.97. The predicted octanol–water partition coefficient (Wildman–Crippen LogP) is 17.5. The van der Waals surface area contributed by atoms with Crippen LogP contribution in [-0.4, -0.2) is 5.78 Å². The van der Waals surface area contributed by atoms with Gasteiger partial charge in [-0.1, -0.05) is 129 Å². The molecular weight excluding hydrogens is 821 g/mol. The van der Waals surface area contributed by atoms with Crippen LogP contribution in [0, 0.1) is 13.8 Å². The predicted molar refractivity (Wildman–Crippen MR) is 234 cm³/mol. The van der Waals surface area contributed by atoms with Gasteiger partial charge >= 0.3 is 0 Å². The maximum atomic E-state index is 14.4. The first-order valence-corrected chi connectivity index (χ1v) is 24.6. The number of hydrogen-bond donors (Lipinski definition) is 0. The van der Waals surface area contributed by atoms with E-state index in [4.69, 9.17) is 0 Å². The van der Waals surface area contributed by atoms with Crippen LogP contribution in [-0.2, 0) is 12.8 Å². The fourth-order valence-electron chi connectivity index (χ4n) is 7.46. The van der Waals surface area contributed by atoms with Gasteiger partial charge in [0.15, 0.2) is 5.78 Å². The lowest BCUT2D eigenvalue weighted by molar-refractivity contribution is 0.104. The van der Waals surface area contributed by atoms with Gasteiger partial charge in [0.05, 0.1) is 17.3 Å². The van der Waals surface area contributed by atoms with E-state index in [0.717, 1.165) is 36.0 Å². The average molecular weight is 879 g/mol. The van der Waals surface area contributed by atoms with E-state index in [1.807, 2.05) is 34.0 Å². The third kappa shape index (κ3) is 10.3. The maximum absolute atomic E-state index is 14.4. The lowest BCUT2D eigenvalue weighted by Gasteiger charge is -2.07. The van der Waals surface area contributed by atoms with Crippen molar-refractivity contribution < 1.29 is 4.79 Å². The smallest absolute Gasteiger partial charge is 0.196 e. The normalized spacial score (nSPS) is 12.4. The molecule has 274 valence electrons. The van der Waals surface area contributed by atoms with Crippen LogP contribution in [0.3, 0.4) is 0 Å². The van der Waals surface area contributed by atoms with E-state index in [-0.39, 0.29) is 5.78 Å². The summed E-state index contributed by atoms with van der Waals surface area (Å²) in [5.41, 5.74) is 7.20. The van der Waals surface area contributed by atoms with Gasteiger partial charge in [0, 0.05) is 30.6 Å². The average Bonchev–Trinajstić information content (AvgIpc) is 3.89. The highest BCUT2D eigenvalue weighted by Crippen LogP contribution is 2.56. The van der Waals surface area contributed by atoms with Crippen LogP contribution in [0.2, 0.25) is 0 Å². The molecule has 0 atom stereocenters. The number of thiophene rings is 4. The topological polar surface area (TPSA) is 17.1 Å². The second kappa shape index (κ2) is 20.8. The first-order valence-electron chi connectivity index (χ1n) is 19.7. The van der Waals surface area contributed by atoms with Gasteiger partial charge in [-0.25, -0.2) is 0 Å². The quantitative estimate of drug-likeness (QED) is 0.0565. The third-order valence-corrected chi connectivity index (χ3v) is 17.6. The van der Waals surface area contributed by atoms with Crippen molar-refractivity contribution in [2.24, 2.45) is 0 Å². The highest BCUT2D eigenvalue weighted by Gasteiger charge is 2.38. The summed E-state index contributed by atoms with van der Waals surface area (Å²) in [7, 11) is 0. The van der Waals surface area contributed by atoms with E-state index >= 15 is 0 Å². The van der Waals surface area contributed by atoms with E-state index in [0.29, 0.717) is 0 Å². The standard InChI is InChI=1S/C43H58Br2OS4/c1-5-7-9-11-13-15-17-19-21-23-25-31-28-34(48-43(31)45)39-32(26-24-22-20-18-16-14-12-10-8-6-2)36-37(46)35-30(4)38(49-40(35)41(36)50-39)33-27-29(3)42(44)47-33/h27-28H,5-26H2,1-4H3. The van der Waals surface area contributed by atoms with Crippen LogP contribution in [0.1, 0.15) is 180 Å². The van der Waals surface area contributed by atoms with Crippen molar-refractivity contribution in [3.63, 3.8) is 0 Å². The Balaban J connectivity index is 1.28. The molecule has 4 aromatic heterocycles. The molecular formula is C43H58Br2OS4. The Bertz CT molecular complexity index is 1650. The second-order valence-corrected chi connectivity index (χ2v) is 21.3. The minimum absolute atomic E-state index is 0.271. The summed E-state index contributed by atoms with van der Waals surface area (Å²) in [4.78, 5) is 22.0. The Morgan fingerprint density at radius 2 is 0.960 bits per heavy atom. The van der Waals surface area contributed by atoms with Crippen LogP contribution in [0.15, 0.2) is 19.7 Å².